The highest BCUT2D eigenvalue weighted by molar-refractivity contribution is 5.68. The van der Waals surface area contributed by atoms with Gasteiger partial charge in [0.2, 0.25) is 24.3 Å². The molecule has 144 valence electrons. The van der Waals surface area contributed by atoms with E-state index in [2.05, 4.69) is 20.0 Å². The van der Waals surface area contributed by atoms with E-state index < -0.39 is 0 Å². The molecule has 30 heavy (non-hydrogen) atoms. The van der Waals surface area contributed by atoms with Gasteiger partial charge in [-0.05, 0) is 59.7 Å². The summed E-state index contributed by atoms with van der Waals surface area (Å²) in [4.78, 5) is 53.6. The van der Waals surface area contributed by atoms with Crippen molar-refractivity contribution in [3.63, 3.8) is 0 Å². The lowest BCUT2D eigenvalue weighted by molar-refractivity contribution is 0.564. The molecule has 8 heteroatoms. The molecule has 0 aliphatic heterocycles. The van der Waals surface area contributed by atoms with Crippen molar-refractivity contribution in [3.8, 4) is 11.1 Å². The molecule has 0 unspecified atom stereocenters. The lowest BCUT2D eigenvalue weighted by Crippen LogP contribution is -1.76. The van der Waals surface area contributed by atoms with Gasteiger partial charge in [-0.2, -0.15) is 20.0 Å². The van der Waals surface area contributed by atoms with Gasteiger partial charge in [-0.1, -0.05) is 24.3 Å². The first-order chi connectivity index (χ1) is 14.7. The van der Waals surface area contributed by atoms with Gasteiger partial charge in [0.1, 0.15) is 0 Å². The maximum Gasteiger partial charge on any atom is 0.240 e. The molecule has 0 bridgehead atoms. The Balaban J connectivity index is 0.000000232. The molecule has 0 heterocycles. The molecular weight excluding hydrogens is 384 g/mol. The first-order valence-corrected chi connectivity index (χ1v) is 8.32. The number of hydrogen-bond donors (Lipinski definition) is 0. The summed E-state index contributed by atoms with van der Waals surface area (Å²) >= 11 is 0. The Kier molecular flexibility index (Phi) is 8.45. The van der Waals surface area contributed by atoms with Crippen LogP contribution in [0.2, 0.25) is 0 Å². The molecule has 8 nitrogen and oxygen atoms in total. The Labute approximate surface area is 170 Å². The summed E-state index contributed by atoms with van der Waals surface area (Å²) in [5.41, 5.74) is 4.07. The van der Waals surface area contributed by atoms with Gasteiger partial charge in [0, 0.05) is 0 Å². The highest BCUT2D eigenvalue weighted by atomic mass is 16.1. The first kappa shape index (κ1) is 21.5. The van der Waals surface area contributed by atoms with Crippen LogP contribution in [-0.4, -0.2) is 24.3 Å². The number of rotatable bonds is 5. The summed E-state index contributed by atoms with van der Waals surface area (Å²) in [5, 5.41) is 0. The molecule has 0 amide bonds. The van der Waals surface area contributed by atoms with E-state index in [4.69, 9.17) is 0 Å². The number of aliphatic imine (C=N–C) groups is 4. The molecule has 0 fully saturated rings. The topological polar surface area (TPSA) is 118 Å². The second kappa shape index (κ2) is 11.8. The molecule has 3 aromatic rings. The number of hydrogen-bond acceptors (Lipinski definition) is 8. The number of nitrogens with zero attached hydrogens (tertiary/aromatic N) is 4. The fourth-order valence-electron chi connectivity index (χ4n) is 2.27. The first-order valence-electron chi connectivity index (χ1n) is 8.32. The zero-order valence-electron chi connectivity index (χ0n) is 15.4. The molecule has 0 aromatic heterocycles. The van der Waals surface area contributed by atoms with Crippen molar-refractivity contribution >= 4 is 47.1 Å². The summed E-state index contributed by atoms with van der Waals surface area (Å²) in [7, 11) is 0. The normalized spacial score (nSPS) is 8.67. The van der Waals surface area contributed by atoms with E-state index in [1.54, 1.807) is 48.5 Å². The van der Waals surface area contributed by atoms with Gasteiger partial charge >= 0.3 is 0 Å². The standard InChI is InChI=1S/C14H8N2O2.C8H4N2O2/c17-9-15-13-5-1-11(2-6-13)12-3-7-14(8-4-12)16-10-18;11-5-9-7-1-2-8(4-3-7)10-6-12/h1-8H;1-4H. The second-order valence-electron chi connectivity index (χ2n) is 5.42. The van der Waals surface area contributed by atoms with Crippen molar-refractivity contribution < 1.29 is 19.2 Å². The molecular formula is C22H12N4O4. The Bertz CT molecular complexity index is 1080. The Morgan fingerprint density at radius 2 is 0.567 bits per heavy atom. The van der Waals surface area contributed by atoms with Crippen LogP contribution in [0.5, 0.6) is 0 Å². The molecule has 0 N–H and O–H groups in total. The smallest absolute Gasteiger partial charge is 0.211 e. The third-order valence-corrected chi connectivity index (χ3v) is 3.62. The van der Waals surface area contributed by atoms with Crippen LogP contribution in [0.4, 0.5) is 22.7 Å². The molecule has 0 aliphatic carbocycles. The van der Waals surface area contributed by atoms with Gasteiger partial charge in [0.15, 0.2) is 0 Å². The maximum atomic E-state index is 10.1. The lowest BCUT2D eigenvalue weighted by atomic mass is 10.1. The fraction of sp³-hybridized carbons (Fsp3) is 0. The summed E-state index contributed by atoms with van der Waals surface area (Å²) in [6.45, 7) is 0. The Morgan fingerprint density at radius 1 is 0.367 bits per heavy atom. The average molecular weight is 396 g/mol. The van der Waals surface area contributed by atoms with Crippen LogP contribution in [0.3, 0.4) is 0 Å². The fourth-order valence-corrected chi connectivity index (χ4v) is 2.27. The molecule has 0 aliphatic rings. The van der Waals surface area contributed by atoms with E-state index in [-0.39, 0.29) is 0 Å². The number of benzene rings is 3. The van der Waals surface area contributed by atoms with Crippen LogP contribution >= 0.6 is 0 Å². The average Bonchev–Trinajstić information content (AvgIpc) is 2.78. The van der Waals surface area contributed by atoms with Crippen LogP contribution < -0.4 is 0 Å². The van der Waals surface area contributed by atoms with E-state index in [1.807, 2.05) is 24.3 Å². The van der Waals surface area contributed by atoms with E-state index in [0.717, 1.165) is 11.1 Å². The Hall–Kier alpha value is -4.82. The Morgan fingerprint density at radius 3 is 0.767 bits per heavy atom. The molecule has 3 rings (SSSR count). The third-order valence-electron chi connectivity index (χ3n) is 3.62. The van der Waals surface area contributed by atoms with Gasteiger partial charge in [-0.3, -0.25) is 0 Å². The molecule has 0 saturated carbocycles. The predicted octanol–water partition coefficient (Wildman–Crippen LogP) is 4.91. The van der Waals surface area contributed by atoms with Crippen LogP contribution in [-0.2, 0) is 19.2 Å². The second-order valence-corrected chi connectivity index (χ2v) is 5.42. The monoisotopic (exact) mass is 396 g/mol. The summed E-state index contributed by atoms with van der Waals surface area (Å²) in [6.07, 6.45) is 5.79. The quantitative estimate of drug-likeness (QED) is 0.450. The number of isocyanates is 4. The SMILES string of the molecule is O=C=Nc1ccc(-c2ccc(N=C=O)cc2)cc1.O=C=Nc1ccc(N=C=O)cc1. The van der Waals surface area contributed by atoms with Crippen molar-refractivity contribution in [1.82, 2.24) is 0 Å². The third kappa shape index (κ3) is 6.72. The van der Waals surface area contributed by atoms with Gasteiger partial charge in [-0.25, -0.2) is 19.2 Å². The molecule has 0 atom stereocenters. The van der Waals surface area contributed by atoms with E-state index in [1.165, 1.54) is 24.3 Å². The van der Waals surface area contributed by atoms with Crippen molar-refractivity contribution in [3.05, 3.63) is 72.8 Å². The molecule has 0 saturated heterocycles. The van der Waals surface area contributed by atoms with Crippen LogP contribution in [0, 0.1) is 0 Å². The largest absolute Gasteiger partial charge is 0.240 e. The van der Waals surface area contributed by atoms with Crippen molar-refractivity contribution in [2.45, 2.75) is 0 Å². The molecule has 0 radical (unpaired) electrons. The van der Waals surface area contributed by atoms with Gasteiger partial charge < -0.3 is 0 Å². The molecule has 3 aromatic carbocycles. The minimum atomic E-state index is 0.481. The van der Waals surface area contributed by atoms with E-state index in [0.29, 0.717) is 22.7 Å². The van der Waals surface area contributed by atoms with Crippen molar-refractivity contribution in [2.24, 2.45) is 20.0 Å². The highest BCUT2D eigenvalue weighted by Gasteiger charge is 1.98. The summed E-state index contributed by atoms with van der Waals surface area (Å²) in [5.74, 6) is 0. The van der Waals surface area contributed by atoms with E-state index in [9.17, 15) is 19.2 Å². The van der Waals surface area contributed by atoms with Crippen LogP contribution in [0.1, 0.15) is 0 Å². The zero-order valence-corrected chi connectivity index (χ0v) is 15.4. The number of carbonyl (C=O) groups excluding carboxylic acids is 4. The highest BCUT2D eigenvalue weighted by Crippen LogP contribution is 2.24. The van der Waals surface area contributed by atoms with Crippen LogP contribution in [0.15, 0.2) is 92.8 Å². The van der Waals surface area contributed by atoms with Gasteiger partial charge in [-0.15, -0.1) is 0 Å². The summed E-state index contributed by atoms with van der Waals surface area (Å²) < 4.78 is 0. The van der Waals surface area contributed by atoms with Gasteiger partial charge in [0.25, 0.3) is 0 Å². The maximum absolute atomic E-state index is 10.1. The zero-order chi connectivity index (χ0) is 21.6. The van der Waals surface area contributed by atoms with E-state index >= 15 is 0 Å². The van der Waals surface area contributed by atoms with Crippen LogP contribution in [0.25, 0.3) is 11.1 Å². The summed E-state index contributed by atoms with van der Waals surface area (Å²) in [6, 6.07) is 20.6. The minimum absolute atomic E-state index is 0.481. The lowest BCUT2D eigenvalue weighted by Gasteiger charge is -2.01. The predicted molar refractivity (Wildman–Crippen MR) is 109 cm³/mol. The van der Waals surface area contributed by atoms with Crippen molar-refractivity contribution in [1.29, 1.82) is 0 Å². The minimum Gasteiger partial charge on any atom is -0.211 e. The van der Waals surface area contributed by atoms with Crippen molar-refractivity contribution in [2.75, 3.05) is 0 Å². The molecule has 0 spiro atoms. The van der Waals surface area contributed by atoms with Gasteiger partial charge in [0.05, 0.1) is 22.7 Å².